The monoisotopic (exact) mass is 307 g/mol. The molecule has 1 N–H and O–H groups in total. The van der Waals surface area contributed by atoms with Crippen molar-refractivity contribution in [2.24, 2.45) is 0 Å². The number of ether oxygens (including phenoxy) is 2. The van der Waals surface area contributed by atoms with Crippen LogP contribution in [-0.4, -0.2) is 37.1 Å². The van der Waals surface area contributed by atoms with E-state index in [0.29, 0.717) is 5.56 Å². The summed E-state index contributed by atoms with van der Waals surface area (Å²) in [5.74, 6) is -0.565. The van der Waals surface area contributed by atoms with Gasteiger partial charge in [0, 0.05) is 12.0 Å². The maximum Gasteiger partial charge on any atom is 0.408 e. The molecule has 0 heterocycles. The highest BCUT2D eigenvalue weighted by atomic mass is 16.6. The quantitative estimate of drug-likeness (QED) is 0.665. The van der Waals surface area contributed by atoms with Crippen molar-refractivity contribution in [1.82, 2.24) is 5.32 Å². The van der Waals surface area contributed by atoms with E-state index in [0.717, 1.165) is 11.8 Å². The summed E-state index contributed by atoms with van der Waals surface area (Å²) in [6.45, 7) is 5.20. The average Bonchev–Trinajstić information content (AvgIpc) is 2.44. The summed E-state index contributed by atoms with van der Waals surface area (Å²) >= 11 is 0. The number of hydrogen-bond acceptors (Lipinski definition) is 5. The summed E-state index contributed by atoms with van der Waals surface area (Å²) < 4.78 is 9.83. The minimum Gasteiger partial charge on any atom is -0.467 e. The number of esters is 1. The zero-order valence-corrected chi connectivity index (χ0v) is 13.2. The molecule has 0 unspecified atom stereocenters. The Bertz CT molecular complexity index is 530. The van der Waals surface area contributed by atoms with Crippen LogP contribution in [-0.2, 0) is 20.7 Å². The second-order valence-electron chi connectivity index (χ2n) is 5.79. The van der Waals surface area contributed by atoms with Crippen molar-refractivity contribution in [3.63, 3.8) is 0 Å². The van der Waals surface area contributed by atoms with Crippen LogP contribution in [0.15, 0.2) is 24.3 Å². The van der Waals surface area contributed by atoms with Crippen molar-refractivity contribution in [1.29, 1.82) is 0 Å². The molecule has 0 radical (unpaired) electrons. The van der Waals surface area contributed by atoms with Crippen molar-refractivity contribution >= 4 is 18.3 Å². The highest BCUT2D eigenvalue weighted by Crippen LogP contribution is 2.10. The van der Waals surface area contributed by atoms with Crippen molar-refractivity contribution in [3.05, 3.63) is 35.4 Å². The molecule has 0 saturated heterocycles. The molecule has 1 rings (SSSR count). The third kappa shape index (κ3) is 5.95. The molecule has 6 heteroatoms. The number of carbonyl (C=O) groups is 3. The Kier molecular flexibility index (Phi) is 6.10. The van der Waals surface area contributed by atoms with E-state index in [2.05, 4.69) is 5.32 Å². The highest BCUT2D eigenvalue weighted by Gasteiger charge is 2.25. The van der Waals surface area contributed by atoms with E-state index in [1.54, 1.807) is 45.0 Å². The minimum absolute atomic E-state index is 0.241. The van der Waals surface area contributed by atoms with Gasteiger partial charge in [0.15, 0.2) is 0 Å². The van der Waals surface area contributed by atoms with Crippen molar-refractivity contribution in [2.75, 3.05) is 7.11 Å². The van der Waals surface area contributed by atoms with Crippen LogP contribution in [0.1, 0.15) is 36.7 Å². The van der Waals surface area contributed by atoms with Crippen molar-refractivity contribution in [3.8, 4) is 0 Å². The predicted molar refractivity (Wildman–Crippen MR) is 80.7 cm³/mol. The third-order valence-electron chi connectivity index (χ3n) is 2.73. The first-order chi connectivity index (χ1) is 10.2. The number of aldehydes is 1. The zero-order chi connectivity index (χ0) is 16.8. The van der Waals surface area contributed by atoms with Gasteiger partial charge in [-0.05, 0) is 26.3 Å². The second-order valence-corrected chi connectivity index (χ2v) is 5.79. The molecule has 1 atom stereocenters. The minimum atomic E-state index is -0.859. The van der Waals surface area contributed by atoms with Gasteiger partial charge >= 0.3 is 12.1 Å². The van der Waals surface area contributed by atoms with Crippen LogP contribution in [0.3, 0.4) is 0 Å². The first-order valence-corrected chi connectivity index (χ1v) is 6.86. The fourth-order valence-corrected chi connectivity index (χ4v) is 1.75. The molecule has 1 aromatic carbocycles. The molecular formula is C16H21NO5. The lowest BCUT2D eigenvalue weighted by atomic mass is 10.0. The maximum atomic E-state index is 11.8. The van der Waals surface area contributed by atoms with Crippen LogP contribution in [0.25, 0.3) is 0 Å². The second kappa shape index (κ2) is 7.59. The van der Waals surface area contributed by atoms with Crippen LogP contribution in [0.2, 0.25) is 0 Å². The SMILES string of the molecule is COC(=O)[C@H](Cc1ccc(C=O)cc1)NC(=O)OC(C)(C)C. The Hall–Kier alpha value is -2.37. The van der Waals surface area contributed by atoms with Crippen LogP contribution in [0, 0.1) is 0 Å². The van der Waals surface area contributed by atoms with E-state index in [-0.39, 0.29) is 6.42 Å². The van der Waals surface area contributed by atoms with Gasteiger partial charge in [0.05, 0.1) is 7.11 Å². The number of nitrogens with one attached hydrogen (secondary N) is 1. The van der Waals surface area contributed by atoms with Crippen LogP contribution >= 0.6 is 0 Å². The molecular weight excluding hydrogens is 286 g/mol. The van der Waals surface area contributed by atoms with Gasteiger partial charge < -0.3 is 14.8 Å². The Morgan fingerprint density at radius 3 is 2.27 bits per heavy atom. The van der Waals surface area contributed by atoms with Gasteiger partial charge in [-0.15, -0.1) is 0 Å². The van der Waals surface area contributed by atoms with E-state index in [1.807, 2.05) is 0 Å². The summed E-state index contributed by atoms with van der Waals surface area (Å²) in [7, 11) is 1.25. The van der Waals surface area contributed by atoms with Crippen LogP contribution < -0.4 is 5.32 Å². The molecule has 0 aliphatic heterocycles. The Balaban J connectivity index is 2.77. The summed E-state index contributed by atoms with van der Waals surface area (Å²) in [4.78, 5) is 34.2. The summed E-state index contributed by atoms with van der Waals surface area (Å²) in [5, 5.41) is 2.50. The van der Waals surface area contributed by atoms with Gasteiger partial charge in [0.25, 0.3) is 0 Å². The van der Waals surface area contributed by atoms with Crippen molar-refractivity contribution < 1.29 is 23.9 Å². The molecule has 0 spiro atoms. The number of methoxy groups -OCH3 is 1. The number of benzene rings is 1. The van der Waals surface area contributed by atoms with Gasteiger partial charge in [-0.25, -0.2) is 9.59 Å². The highest BCUT2D eigenvalue weighted by molar-refractivity contribution is 5.81. The lowest BCUT2D eigenvalue weighted by Gasteiger charge is -2.22. The van der Waals surface area contributed by atoms with E-state index >= 15 is 0 Å². The smallest absolute Gasteiger partial charge is 0.408 e. The molecule has 120 valence electrons. The van der Waals surface area contributed by atoms with Crippen molar-refractivity contribution in [2.45, 2.75) is 38.8 Å². The van der Waals surface area contributed by atoms with Gasteiger partial charge in [0.2, 0.25) is 0 Å². The fourth-order valence-electron chi connectivity index (χ4n) is 1.75. The average molecular weight is 307 g/mol. The Morgan fingerprint density at radius 2 is 1.82 bits per heavy atom. The molecule has 1 amide bonds. The molecule has 0 fully saturated rings. The number of amides is 1. The largest absolute Gasteiger partial charge is 0.467 e. The number of rotatable bonds is 5. The zero-order valence-electron chi connectivity index (χ0n) is 13.2. The molecule has 0 aliphatic rings. The number of hydrogen-bond donors (Lipinski definition) is 1. The lowest BCUT2D eigenvalue weighted by Crippen LogP contribution is -2.45. The standard InChI is InChI=1S/C16H21NO5/c1-16(2,3)22-15(20)17-13(14(19)21-4)9-11-5-7-12(10-18)8-6-11/h5-8,10,13H,9H2,1-4H3,(H,17,20)/t13-/m0/s1. The van der Waals surface area contributed by atoms with E-state index in [4.69, 9.17) is 9.47 Å². The Labute approximate surface area is 129 Å². The Morgan fingerprint density at radius 1 is 1.23 bits per heavy atom. The fraction of sp³-hybridized carbons (Fsp3) is 0.438. The molecule has 0 aliphatic carbocycles. The number of carbonyl (C=O) groups excluding carboxylic acids is 3. The van der Waals surface area contributed by atoms with Crippen LogP contribution in [0.4, 0.5) is 4.79 Å². The van der Waals surface area contributed by atoms with Gasteiger partial charge in [-0.2, -0.15) is 0 Å². The lowest BCUT2D eigenvalue weighted by molar-refractivity contribution is -0.143. The molecule has 0 aromatic heterocycles. The van der Waals surface area contributed by atoms with Gasteiger partial charge in [-0.3, -0.25) is 4.79 Å². The molecule has 0 saturated carbocycles. The normalized spacial score (nSPS) is 12.2. The predicted octanol–water partition coefficient (Wildman–Crippen LogP) is 2.11. The van der Waals surface area contributed by atoms with Gasteiger partial charge in [0.1, 0.15) is 17.9 Å². The topological polar surface area (TPSA) is 81.7 Å². The maximum absolute atomic E-state index is 11.8. The molecule has 0 bridgehead atoms. The van der Waals surface area contributed by atoms with E-state index in [9.17, 15) is 14.4 Å². The molecule has 6 nitrogen and oxygen atoms in total. The number of alkyl carbamates (subject to hydrolysis) is 1. The van der Waals surface area contributed by atoms with Crippen LogP contribution in [0.5, 0.6) is 0 Å². The summed E-state index contributed by atoms with van der Waals surface area (Å²) in [6.07, 6.45) is 0.290. The van der Waals surface area contributed by atoms with Gasteiger partial charge in [-0.1, -0.05) is 24.3 Å². The summed E-state index contributed by atoms with van der Waals surface area (Å²) in [5.41, 5.74) is 0.673. The first-order valence-electron chi connectivity index (χ1n) is 6.86. The van der Waals surface area contributed by atoms with E-state index < -0.39 is 23.7 Å². The van der Waals surface area contributed by atoms with E-state index in [1.165, 1.54) is 7.11 Å². The summed E-state index contributed by atoms with van der Waals surface area (Å²) in [6, 6.07) is 5.86. The first kappa shape index (κ1) is 17.7. The third-order valence-corrected chi connectivity index (χ3v) is 2.73. The molecule has 22 heavy (non-hydrogen) atoms. The molecule has 1 aromatic rings.